The summed E-state index contributed by atoms with van der Waals surface area (Å²) in [5.41, 5.74) is 2.94. The highest BCUT2D eigenvalue weighted by atomic mass is 15.0. The second-order valence-corrected chi connectivity index (χ2v) is 7.11. The molecular formula is C19H26N2. The highest BCUT2D eigenvalue weighted by Gasteiger charge is 2.39. The van der Waals surface area contributed by atoms with Crippen LogP contribution in [0.2, 0.25) is 0 Å². The molecule has 2 bridgehead atoms. The summed E-state index contributed by atoms with van der Waals surface area (Å²) in [6.45, 7) is 2.30. The monoisotopic (exact) mass is 282 g/mol. The van der Waals surface area contributed by atoms with Crippen LogP contribution in [0.1, 0.15) is 31.2 Å². The third kappa shape index (κ3) is 2.40. The lowest BCUT2D eigenvalue weighted by Gasteiger charge is -2.22. The molecule has 1 aromatic heterocycles. The molecule has 2 nitrogen and oxygen atoms in total. The SMILES string of the molecule is CNCCc1cn(CC2CC3CCC2C3)c2ccccc12. The molecular weight excluding hydrogens is 256 g/mol. The Morgan fingerprint density at radius 2 is 2.10 bits per heavy atom. The Balaban J connectivity index is 1.62. The van der Waals surface area contributed by atoms with E-state index in [0.29, 0.717) is 0 Å². The first-order chi connectivity index (χ1) is 10.3. The Morgan fingerprint density at radius 1 is 1.19 bits per heavy atom. The van der Waals surface area contributed by atoms with Gasteiger partial charge in [-0.1, -0.05) is 24.6 Å². The molecule has 1 heterocycles. The quantitative estimate of drug-likeness (QED) is 0.881. The van der Waals surface area contributed by atoms with Gasteiger partial charge in [0, 0.05) is 23.6 Å². The predicted octanol–water partition coefficient (Wildman–Crippen LogP) is 3.84. The van der Waals surface area contributed by atoms with E-state index in [1.807, 2.05) is 7.05 Å². The highest BCUT2D eigenvalue weighted by molar-refractivity contribution is 5.84. The van der Waals surface area contributed by atoms with E-state index in [1.54, 1.807) is 0 Å². The van der Waals surface area contributed by atoms with E-state index in [2.05, 4.69) is 40.3 Å². The minimum absolute atomic E-state index is 0.928. The van der Waals surface area contributed by atoms with Crippen molar-refractivity contribution in [1.82, 2.24) is 9.88 Å². The second kappa shape index (κ2) is 5.49. The van der Waals surface area contributed by atoms with Gasteiger partial charge in [-0.3, -0.25) is 0 Å². The Morgan fingerprint density at radius 3 is 2.86 bits per heavy atom. The molecule has 2 aliphatic carbocycles. The second-order valence-electron chi connectivity index (χ2n) is 7.11. The minimum atomic E-state index is 0.928. The number of hydrogen-bond donors (Lipinski definition) is 1. The van der Waals surface area contributed by atoms with Gasteiger partial charge in [-0.2, -0.15) is 0 Å². The van der Waals surface area contributed by atoms with E-state index in [0.717, 1.165) is 30.7 Å². The maximum Gasteiger partial charge on any atom is 0.0483 e. The number of hydrogen-bond acceptors (Lipinski definition) is 1. The van der Waals surface area contributed by atoms with E-state index >= 15 is 0 Å². The zero-order valence-electron chi connectivity index (χ0n) is 13.0. The summed E-state index contributed by atoms with van der Waals surface area (Å²) in [5, 5.41) is 4.73. The van der Waals surface area contributed by atoms with Crippen LogP contribution < -0.4 is 5.32 Å². The number of benzene rings is 1. The maximum atomic E-state index is 3.28. The fraction of sp³-hybridized carbons (Fsp3) is 0.579. The van der Waals surface area contributed by atoms with Crippen molar-refractivity contribution in [3.63, 3.8) is 0 Å². The lowest BCUT2D eigenvalue weighted by Crippen LogP contribution is -2.16. The summed E-state index contributed by atoms with van der Waals surface area (Å²) >= 11 is 0. The van der Waals surface area contributed by atoms with E-state index < -0.39 is 0 Å². The molecule has 3 unspecified atom stereocenters. The number of para-hydroxylation sites is 1. The van der Waals surface area contributed by atoms with Crippen molar-refractivity contribution in [2.24, 2.45) is 17.8 Å². The van der Waals surface area contributed by atoms with Gasteiger partial charge in [-0.05, 0) is 68.7 Å². The zero-order chi connectivity index (χ0) is 14.2. The van der Waals surface area contributed by atoms with Gasteiger partial charge in [-0.15, -0.1) is 0 Å². The number of aromatic nitrogens is 1. The van der Waals surface area contributed by atoms with Gasteiger partial charge >= 0.3 is 0 Å². The van der Waals surface area contributed by atoms with Crippen LogP contribution in [0.5, 0.6) is 0 Å². The molecule has 3 atom stereocenters. The van der Waals surface area contributed by atoms with Crippen LogP contribution in [0.15, 0.2) is 30.5 Å². The van der Waals surface area contributed by atoms with Crippen molar-refractivity contribution >= 4 is 10.9 Å². The van der Waals surface area contributed by atoms with Crippen molar-refractivity contribution in [1.29, 1.82) is 0 Å². The van der Waals surface area contributed by atoms with Crippen LogP contribution in [0.4, 0.5) is 0 Å². The normalized spacial score (nSPS) is 27.8. The van der Waals surface area contributed by atoms with Crippen LogP contribution in [0.3, 0.4) is 0 Å². The van der Waals surface area contributed by atoms with Crippen LogP contribution in [0.25, 0.3) is 10.9 Å². The molecule has 21 heavy (non-hydrogen) atoms. The van der Waals surface area contributed by atoms with Gasteiger partial charge in [0.15, 0.2) is 0 Å². The van der Waals surface area contributed by atoms with E-state index in [4.69, 9.17) is 0 Å². The number of rotatable bonds is 5. The maximum absolute atomic E-state index is 3.28. The fourth-order valence-corrected chi connectivity index (χ4v) is 4.79. The molecule has 2 fully saturated rings. The topological polar surface area (TPSA) is 17.0 Å². The van der Waals surface area contributed by atoms with Gasteiger partial charge in [0.2, 0.25) is 0 Å². The Bertz CT molecular complexity index is 628. The van der Waals surface area contributed by atoms with Gasteiger partial charge in [0.1, 0.15) is 0 Å². The van der Waals surface area contributed by atoms with Gasteiger partial charge in [0.25, 0.3) is 0 Å². The highest BCUT2D eigenvalue weighted by Crippen LogP contribution is 2.49. The van der Waals surface area contributed by atoms with Crippen LogP contribution >= 0.6 is 0 Å². The Labute approximate surface area is 127 Å². The largest absolute Gasteiger partial charge is 0.347 e. The van der Waals surface area contributed by atoms with Crippen LogP contribution in [-0.4, -0.2) is 18.2 Å². The van der Waals surface area contributed by atoms with Gasteiger partial charge < -0.3 is 9.88 Å². The molecule has 0 spiro atoms. The summed E-state index contributed by atoms with van der Waals surface area (Å²) < 4.78 is 2.55. The zero-order valence-corrected chi connectivity index (χ0v) is 13.0. The Hall–Kier alpha value is -1.28. The number of nitrogens with one attached hydrogen (secondary N) is 1. The van der Waals surface area contributed by atoms with Gasteiger partial charge in [-0.25, -0.2) is 0 Å². The molecule has 2 aliphatic rings. The summed E-state index contributed by atoms with van der Waals surface area (Å²) in [4.78, 5) is 0. The first-order valence-electron chi connectivity index (χ1n) is 8.56. The van der Waals surface area contributed by atoms with E-state index in [9.17, 15) is 0 Å². The molecule has 112 valence electrons. The smallest absolute Gasteiger partial charge is 0.0483 e. The molecule has 2 heteroatoms. The van der Waals surface area contributed by atoms with Crippen LogP contribution in [0, 0.1) is 17.8 Å². The summed E-state index contributed by atoms with van der Waals surface area (Å²) in [7, 11) is 2.04. The van der Waals surface area contributed by atoms with Crippen LogP contribution in [-0.2, 0) is 13.0 Å². The molecule has 1 aromatic carbocycles. The molecule has 2 saturated carbocycles. The van der Waals surface area contributed by atoms with Crippen molar-refractivity contribution in [3.05, 3.63) is 36.0 Å². The third-order valence-corrected chi connectivity index (χ3v) is 5.83. The molecule has 0 amide bonds. The molecule has 0 saturated heterocycles. The van der Waals surface area contributed by atoms with Crippen molar-refractivity contribution < 1.29 is 0 Å². The average Bonchev–Trinajstić information content (AvgIpc) is 3.20. The average molecular weight is 282 g/mol. The molecule has 0 aliphatic heterocycles. The first kappa shape index (κ1) is 13.4. The summed E-state index contributed by atoms with van der Waals surface area (Å²) in [5.74, 6) is 2.99. The Kier molecular flexibility index (Phi) is 3.50. The molecule has 2 aromatic rings. The lowest BCUT2D eigenvalue weighted by molar-refractivity contribution is 0.299. The van der Waals surface area contributed by atoms with Crippen molar-refractivity contribution in [3.8, 4) is 0 Å². The third-order valence-electron chi connectivity index (χ3n) is 5.83. The van der Waals surface area contributed by atoms with E-state index in [1.165, 1.54) is 48.7 Å². The van der Waals surface area contributed by atoms with Gasteiger partial charge in [0.05, 0.1) is 0 Å². The molecule has 4 rings (SSSR count). The first-order valence-corrected chi connectivity index (χ1v) is 8.56. The lowest BCUT2D eigenvalue weighted by atomic mass is 9.89. The van der Waals surface area contributed by atoms with E-state index in [-0.39, 0.29) is 0 Å². The minimum Gasteiger partial charge on any atom is -0.347 e. The van der Waals surface area contributed by atoms with Crippen molar-refractivity contribution in [2.45, 2.75) is 38.6 Å². The summed E-state index contributed by atoms with van der Waals surface area (Å²) in [6.07, 6.45) is 9.52. The summed E-state index contributed by atoms with van der Waals surface area (Å²) in [6, 6.07) is 8.94. The van der Waals surface area contributed by atoms with Crippen molar-refractivity contribution in [2.75, 3.05) is 13.6 Å². The predicted molar refractivity (Wildman–Crippen MR) is 88.5 cm³/mol. The number of fused-ring (bicyclic) bond motifs is 3. The standard InChI is InChI=1S/C19H26N2/c1-20-9-8-16-12-21(19-5-3-2-4-18(16)19)13-17-11-14-6-7-15(17)10-14/h2-5,12,14-15,17,20H,6-11,13H2,1H3. The number of likely N-dealkylation sites (N-methyl/N-ethyl adjacent to an activating group) is 1. The fourth-order valence-electron chi connectivity index (χ4n) is 4.79. The number of nitrogens with zero attached hydrogens (tertiary/aromatic N) is 1. The molecule has 0 radical (unpaired) electrons. The molecule has 1 N–H and O–H groups in total.